The van der Waals surface area contributed by atoms with Gasteiger partial charge in [0.05, 0.1) is 17.2 Å². The summed E-state index contributed by atoms with van der Waals surface area (Å²) in [6.07, 6.45) is 1.64. The third-order valence-electron chi connectivity index (χ3n) is 4.96. The number of carbonyl (C=O) groups is 2. The van der Waals surface area contributed by atoms with Crippen LogP contribution < -0.4 is 11.1 Å². The zero-order valence-corrected chi connectivity index (χ0v) is 18.6. The second-order valence-electron chi connectivity index (χ2n) is 7.01. The number of rotatable bonds is 5. The molecule has 2 unspecified atom stereocenters. The van der Waals surface area contributed by atoms with Crippen LogP contribution in [0.4, 0.5) is 0 Å². The van der Waals surface area contributed by atoms with Crippen molar-refractivity contribution < 1.29 is 9.59 Å². The Balaban J connectivity index is 1.42. The summed E-state index contributed by atoms with van der Waals surface area (Å²) < 4.78 is 0. The lowest BCUT2D eigenvalue weighted by Crippen LogP contribution is -1.97. The summed E-state index contributed by atoms with van der Waals surface area (Å²) in [6, 6.07) is 20.2. The van der Waals surface area contributed by atoms with Gasteiger partial charge in [0.1, 0.15) is 28.9 Å². The largest absolute Gasteiger partial charge is 0.338 e. The minimum Gasteiger partial charge on any atom is -0.338 e. The Morgan fingerprint density at radius 3 is 2.41 bits per heavy atom. The van der Waals surface area contributed by atoms with E-state index in [1.807, 2.05) is 18.2 Å². The quantitative estimate of drug-likeness (QED) is 0.242. The minimum atomic E-state index is 0.0137. The number of carbonyl (C=O) groups excluding carboxylic acids is 2. The molecule has 2 heterocycles. The van der Waals surface area contributed by atoms with Crippen molar-refractivity contribution >= 4 is 62.2 Å². The van der Waals surface area contributed by atoms with Gasteiger partial charge in [0, 0.05) is 22.7 Å². The number of hydrogen-bond acceptors (Lipinski definition) is 4. The third kappa shape index (κ3) is 4.22. The highest BCUT2D eigenvalue weighted by Crippen LogP contribution is 2.27. The number of aromatic nitrogens is 4. The molecule has 0 radical (unpaired) electrons. The SMILES string of the molecule is O=CPc1ncc(C#Cc2ccc3cc(-c4ccc5nc(PC=O)[nH]c5c4)ccc3c2)[nH]1. The number of benzene rings is 3. The van der Waals surface area contributed by atoms with Crippen molar-refractivity contribution in [3.05, 3.63) is 72.1 Å². The molecule has 0 saturated heterocycles. The second-order valence-corrected chi connectivity index (χ2v) is 9.01. The zero-order valence-electron chi connectivity index (χ0n) is 16.6. The van der Waals surface area contributed by atoms with Gasteiger partial charge in [-0.3, -0.25) is 9.59 Å². The molecule has 0 bridgehead atoms. The van der Waals surface area contributed by atoms with E-state index in [1.165, 1.54) is 0 Å². The molecule has 3 aromatic carbocycles. The fourth-order valence-electron chi connectivity index (χ4n) is 3.47. The van der Waals surface area contributed by atoms with Crippen molar-refractivity contribution in [3.63, 3.8) is 0 Å². The van der Waals surface area contributed by atoms with Gasteiger partial charge < -0.3 is 9.97 Å². The lowest BCUT2D eigenvalue weighted by atomic mass is 9.99. The average molecular weight is 454 g/mol. The number of H-pyrrole nitrogens is 2. The molecule has 0 fully saturated rings. The summed E-state index contributed by atoms with van der Waals surface area (Å²) in [4.78, 5) is 36.2. The summed E-state index contributed by atoms with van der Waals surface area (Å²) in [5.41, 5.74) is 6.91. The maximum Gasteiger partial charge on any atom is 0.146 e. The normalized spacial score (nSPS) is 11.5. The number of nitrogens with one attached hydrogen (secondary N) is 2. The van der Waals surface area contributed by atoms with Crippen LogP contribution >= 0.6 is 17.2 Å². The first-order valence-corrected chi connectivity index (χ1v) is 11.9. The second kappa shape index (κ2) is 8.85. The first-order valence-electron chi connectivity index (χ1n) is 9.73. The van der Waals surface area contributed by atoms with E-state index in [-0.39, 0.29) is 17.2 Å². The van der Waals surface area contributed by atoms with Crippen LogP contribution in [-0.2, 0) is 9.59 Å². The van der Waals surface area contributed by atoms with Crippen LogP contribution in [0.25, 0.3) is 32.9 Å². The van der Waals surface area contributed by atoms with Gasteiger partial charge in [-0.25, -0.2) is 9.97 Å². The van der Waals surface area contributed by atoms with Gasteiger partial charge in [0.25, 0.3) is 0 Å². The first kappa shape index (κ1) is 20.3. The van der Waals surface area contributed by atoms with Crippen LogP contribution in [0.5, 0.6) is 0 Å². The Morgan fingerprint density at radius 1 is 0.781 bits per heavy atom. The van der Waals surface area contributed by atoms with Gasteiger partial charge in [0.2, 0.25) is 0 Å². The summed E-state index contributed by atoms with van der Waals surface area (Å²) in [5.74, 6) is 6.21. The van der Waals surface area contributed by atoms with Crippen molar-refractivity contribution in [3.8, 4) is 23.0 Å². The van der Waals surface area contributed by atoms with Crippen LogP contribution in [-0.4, -0.2) is 32.0 Å². The van der Waals surface area contributed by atoms with Gasteiger partial charge >= 0.3 is 0 Å². The lowest BCUT2D eigenvalue weighted by Gasteiger charge is -2.05. The summed E-state index contributed by atoms with van der Waals surface area (Å²) in [6.45, 7) is 0. The molecule has 0 saturated carbocycles. The molecule has 2 N–H and O–H groups in total. The molecule has 32 heavy (non-hydrogen) atoms. The highest BCUT2D eigenvalue weighted by Gasteiger charge is 2.06. The Hall–Kier alpha value is -3.64. The third-order valence-corrected chi connectivity index (χ3v) is 6.24. The lowest BCUT2D eigenvalue weighted by molar-refractivity contribution is 0.569. The van der Waals surface area contributed by atoms with Crippen LogP contribution in [0.15, 0.2) is 60.8 Å². The number of nitrogens with zero attached hydrogens (tertiary/aromatic N) is 2. The minimum absolute atomic E-state index is 0.0137. The predicted molar refractivity (Wildman–Crippen MR) is 133 cm³/mol. The van der Waals surface area contributed by atoms with Crippen molar-refractivity contribution in [1.29, 1.82) is 0 Å². The standard InChI is InChI=1S/C24H16N4O2P2/c29-13-31-23-25-12-20(26-23)7-2-15-1-3-17-10-18(5-4-16(17)9-15)19-6-8-21-22(11-19)28-24(27-21)32-14-30/h1,3-6,8-14,31-32H,(H,25,26)(H,27,28). The van der Waals surface area contributed by atoms with E-state index in [4.69, 9.17) is 0 Å². The molecule has 0 aliphatic carbocycles. The average Bonchev–Trinajstić information content (AvgIpc) is 3.43. The highest BCUT2D eigenvalue weighted by molar-refractivity contribution is 7.62. The van der Waals surface area contributed by atoms with E-state index in [0.29, 0.717) is 16.8 Å². The van der Waals surface area contributed by atoms with Crippen LogP contribution in [0, 0.1) is 11.8 Å². The first-order chi connectivity index (χ1) is 15.7. The van der Waals surface area contributed by atoms with E-state index in [0.717, 1.165) is 50.6 Å². The molecule has 6 nitrogen and oxygen atoms in total. The number of imidazole rings is 2. The molecule has 2 atom stereocenters. The van der Waals surface area contributed by atoms with Gasteiger partial charge in [-0.15, -0.1) is 0 Å². The zero-order chi connectivity index (χ0) is 21.9. The number of hydrogen-bond donors (Lipinski definition) is 2. The Morgan fingerprint density at radius 2 is 1.53 bits per heavy atom. The molecule has 154 valence electrons. The molecule has 0 amide bonds. The summed E-state index contributed by atoms with van der Waals surface area (Å²) >= 11 is 0. The monoisotopic (exact) mass is 454 g/mol. The van der Waals surface area contributed by atoms with Crippen LogP contribution in [0.1, 0.15) is 11.3 Å². The number of aromatic amines is 2. The van der Waals surface area contributed by atoms with Gasteiger partial charge in [-0.2, -0.15) is 0 Å². The fourth-order valence-corrected chi connectivity index (χ4v) is 4.43. The smallest absolute Gasteiger partial charge is 0.146 e. The van der Waals surface area contributed by atoms with E-state index < -0.39 is 0 Å². The molecule has 5 rings (SSSR count). The number of fused-ring (bicyclic) bond motifs is 2. The van der Waals surface area contributed by atoms with Crippen LogP contribution in [0.2, 0.25) is 0 Å². The molecular weight excluding hydrogens is 438 g/mol. The van der Waals surface area contributed by atoms with E-state index >= 15 is 0 Å². The predicted octanol–water partition coefficient (Wildman–Crippen LogP) is 3.49. The molecule has 5 aromatic rings. The highest BCUT2D eigenvalue weighted by atomic mass is 31.1. The van der Waals surface area contributed by atoms with Crippen molar-refractivity contribution in [2.45, 2.75) is 0 Å². The Kier molecular flexibility index (Phi) is 5.60. The van der Waals surface area contributed by atoms with Crippen molar-refractivity contribution in [2.24, 2.45) is 0 Å². The maximum atomic E-state index is 10.8. The maximum absolute atomic E-state index is 10.8. The van der Waals surface area contributed by atoms with E-state index in [9.17, 15) is 9.59 Å². The molecule has 0 aliphatic heterocycles. The summed E-state index contributed by atoms with van der Waals surface area (Å²) in [7, 11) is 0.0470. The van der Waals surface area contributed by atoms with Gasteiger partial charge in [-0.05, 0) is 58.2 Å². The fraction of sp³-hybridized carbons (Fsp3) is 0. The summed E-state index contributed by atoms with van der Waals surface area (Å²) in [5, 5.41) is 2.22. The molecular formula is C24H16N4O2P2. The van der Waals surface area contributed by atoms with Gasteiger partial charge in [0.15, 0.2) is 0 Å². The van der Waals surface area contributed by atoms with Crippen molar-refractivity contribution in [1.82, 2.24) is 19.9 Å². The molecule has 0 aliphatic rings. The topological polar surface area (TPSA) is 91.5 Å². The van der Waals surface area contributed by atoms with Crippen LogP contribution in [0.3, 0.4) is 0 Å². The van der Waals surface area contributed by atoms with Crippen molar-refractivity contribution in [2.75, 3.05) is 0 Å². The van der Waals surface area contributed by atoms with Gasteiger partial charge in [-0.1, -0.05) is 30.2 Å². The molecule has 2 aromatic heterocycles. The van der Waals surface area contributed by atoms with E-state index in [1.54, 1.807) is 6.20 Å². The Bertz CT molecular complexity index is 1540. The van der Waals surface area contributed by atoms with E-state index in [2.05, 4.69) is 68.2 Å². The molecule has 0 spiro atoms. The molecule has 8 heteroatoms. The Labute approximate surface area is 186 Å².